The molecule has 172 valence electrons. The van der Waals surface area contributed by atoms with Crippen molar-refractivity contribution in [3.8, 4) is 17.5 Å². The number of likely N-dealkylation sites (tertiary alicyclic amines) is 1. The van der Waals surface area contributed by atoms with E-state index in [1.165, 1.54) is 12.1 Å². The maximum absolute atomic E-state index is 12.7. The van der Waals surface area contributed by atoms with Crippen molar-refractivity contribution in [3.05, 3.63) is 59.8 Å². The number of carbonyl (C=O) groups excluding carboxylic acids is 2. The minimum atomic E-state index is -0.394. The summed E-state index contributed by atoms with van der Waals surface area (Å²) in [5.41, 5.74) is 0.881. The van der Waals surface area contributed by atoms with E-state index in [1.807, 2.05) is 6.92 Å². The van der Waals surface area contributed by atoms with E-state index < -0.39 is 5.91 Å². The summed E-state index contributed by atoms with van der Waals surface area (Å²) in [5.74, 6) is 0.861. The minimum absolute atomic E-state index is 0.00535. The molecule has 3 heterocycles. The molecular formula is C23H25N5O5. The Labute approximate surface area is 190 Å². The van der Waals surface area contributed by atoms with Crippen LogP contribution in [0.3, 0.4) is 0 Å². The van der Waals surface area contributed by atoms with Gasteiger partial charge in [0, 0.05) is 50.2 Å². The molecular weight excluding hydrogens is 426 g/mol. The number of aromatic amines is 1. The van der Waals surface area contributed by atoms with Gasteiger partial charge in [-0.2, -0.15) is 10.1 Å². The summed E-state index contributed by atoms with van der Waals surface area (Å²) < 4.78 is 16.8. The number of amides is 2. The highest BCUT2D eigenvalue weighted by atomic mass is 16.5. The molecule has 0 aliphatic carbocycles. The van der Waals surface area contributed by atoms with Crippen molar-refractivity contribution in [2.75, 3.05) is 32.1 Å². The topological polar surface area (TPSA) is 119 Å². The van der Waals surface area contributed by atoms with Crippen LogP contribution >= 0.6 is 0 Å². The molecule has 0 saturated carbocycles. The molecule has 4 rings (SSSR count). The van der Waals surface area contributed by atoms with E-state index in [2.05, 4.69) is 20.5 Å². The summed E-state index contributed by atoms with van der Waals surface area (Å²) in [4.78, 5) is 31.2. The van der Waals surface area contributed by atoms with Crippen molar-refractivity contribution in [2.24, 2.45) is 0 Å². The first-order valence-corrected chi connectivity index (χ1v) is 10.6. The van der Waals surface area contributed by atoms with Gasteiger partial charge in [-0.3, -0.25) is 14.7 Å². The van der Waals surface area contributed by atoms with Crippen LogP contribution in [0.5, 0.6) is 17.5 Å². The van der Waals surface area contributed by atoms with Crippen molar-refractivity contribution in [3.63, 3.8) is 0 Å². The van der Waals surface area contributed by atoms with Crippen LogP contribution in [0.1, 0.15) is 34.1 Å². The smallest absolute Gasteiger partial charge is 0.257 e. The Morgan fingerprint density at radius 3 is 2.52 bits per heavy atom. The Morgan fingerprint density at radius 1 is 1.12 bits per heavy atom. The molecule has 1 atom stereocenters. The number of anilines is 1. The number of carbonyl (C=O) groups is 2. The van der Waals surface area contributed by atoms with E-state index >= 15 is 0 Å². The number of rotatable bonds is 9. The van der Waals surface area contributed by atoms with Gasteiger partial charge in [0.15, 0.2) is 5.82 Å². The maximum Gasteiger partial charge on any atom is 0.257 e. The summed E-state index contributed by atoms with van der Waals surface area (Å²) in [6, 6.07) is 11.5. The lowest BCUT2D eigenvalue weighted by Crippen LogP contribution is -2.41. The largest absolute Gasteiger partial charge is 0.472 e. The number of aromatic nitrogens is 3. The third-order valence-corrected chi connectivity index (χ3v) is 4.97. The van der Waals surface area contributed by atoms with Gasteiger partial charge >= 0.3 is 0 Å². The molecule has 1 aliphatic heterocycles. The van der Waals surface area contributed by atoms with E-state index in [4.69, 9.17) is 14.2 Å². The lowest BCUT2D eigenvalue weighted by Gasteiger charge is -2.30. The normalized spacial score (nSPS) is 13.7. The van der Waals surface area contributed by atoms with E-state index in [0.29, 0.717) is 23.7 Å². The van der Waals surface area contributed by atoms with Crippen LogP contribution in [0.2, 0.25) is 0 Å². The van der Waals surface area contributed by atoms with Gasteiger partial charge in [0.05, 0.1) is 12.2 Å². The number of nitrogens with zero attached hydrogens (tertiary/aromatic N) is 3. The Hall–Kier alpha value is -3.92. The zero-order chi connectivity index (χ0) is 23.2. The molecule has 1 aliphatic rings. The summed E-state index contributed by atoms with van der Waals surface area (Å²) in [6.45, 7) is 3.76. The summed E-state index contributed by atoms with van der Waals surface area (Å²) in [7, 11) is 1.58. The third kappa shape index (κ3) is 5.66. The fourth-order valence-electron chi connectivity index (χ4n) is 3.21. The number of hydrogen-bond donors (Lipinski definition) is 2. The molecule has 2 amide bonds. The van der Waals surface area contributed by atoms with Crippen molar-refractivity contribution in [1.29, 1.82) is 0 Å². The highest BCUT2D eigenvalue weighted by Gasteiger charge is 2.21. The van der Waals surface area contributed by atoms with Gasteiger partial charge in [0.2, 0.25) is 11.8 Å². The quantitative estimate of drug-likeness (QED) is 0.513. The van der Waals surface area contributed by atoms with Gasteiger partial charge in [0.1, 0.15) is 11.9 Å². The zero-order valence-electron chi connectivity index (χ0n) is 18.4. The third-order valence-electron chi connectivity index (χ3n) is 4.97. The first kappa shape index (κ1) is 22.3. The predicted octanol–water partition coefficient (Wildman–Crippen LogP) is 3.11. The van der Waals surface area contributed by atoms with E-state index in [0.717, 1.165) is 19.5 Å². The summed E-state index contributed by atoms with van der Waals surface area (Å²) in [6.07, 6.45) is 2.36. The second-order valence-electron chi connectivity index (χ2n) is 7.60. The van der Waals surface area contributed by atoms with Crippen molar-refractivity contribution < 1.29 is 23.8 Å². The molecule has 10 nitrogen and oxygen atoms in total. The van der Waals surface area contributed by atoms with Gasteiger partial charge in [-0.15, -0.1) is 0 Å². The molecule has 33 heavy (non-hydrogen) atoms. The molecule has 0 radical (unpaired) electrons. The van der Waals surface area contributed by atoms with Crippen LogP contribution in [-0.4, -0.2) is 64.8 Å². The van der Waals surface area contributed by atoms with Crippen molar-refractivity contribution >= 4 is 17.6 Å². The number of benzene rings is 1. The number of pyridine rings is 1. The SMILES string of the molecule is COC[C@@H](C)Oc1cc(C(=O)Nc2cc[nH]n2)cc(Oc2ccc(C(=O)N3CCC3)cc2)n1. The number of nitrogens with one attached hydrogen (secondary N) is 2. The molecule has 2 aromatic heterocycles. The fourth-order valence-corrected chi connectivity index (χ4v) is 3.21. The van der Waals surface area contributed by atoms with Crippen LogP contribution in [0.4, 0.5) is 5.82 Å². The zero-order valence-corrected chi connectivity index (χ0v) is 18.4. The van der Waals surface area contributed by atoms with Gasteiger partial charge < -0.3 is 24.4 Å². The first-order valence-electron chi connectivity index (χ1n) is 10.6. The molecule has 0 spiro atoms. The predicted molar refractivity (Wildman–Crippen MR) is 120 cm³/mol. The minimum Gasteiger partial charge on any atom is -0.472 e. The average Bonchev–Trinajstić information content (AvgIpc) is 3.26. The van der Waals surface area contributed by atoms with Gasteiger partial charge in [0.25, 0.3) is 11.8 Å². The molecule has 3 aromatic rings. The van der Waals surface area contributed by atoms with Gasteiger partial charge in [-0.1, -0.05) is 0 Å². The lowest BCUT2D eigenvalue weighted by atomic mass is 10.1. The molecule has 1 saturated heterocycles. The summed E-state index contributed by atoms with van der Waals surface area (Å²) in [5, 5.41) is 9.26. The molecule has 0 unspecified atom stereocenters. The van der Waals surface area contributed by atoms with Crippen LogP contribution in [-0.2, 0) is 4.74 Å². The Morgan fingerprint density at radius 2 is 1.88 bits per heavy atom. The number of ether oxygens (including phenoxy) is 3. The van der Waals surface area contributed by atoms with Gasteiger partial charge in [-0.05, 0) is 37.6 Å². The Balaban J connectivity index is 1.53. The highest BCUT2D eigenvalue weighted by molar-refractivity contribution is 6.04. The number of methoxy groups -OCH3 is 1. The standard InChI is InChI=1S/C23H25N5O5/c1-15(14-31-2)32-20-12-17(22(29)25-19-8-9-24-27-19)13-21(26-20)33-18-6-4-16(5-7-18)23(30)28-10-3-11-28/h4-9,12-13,15H,3,10-11,14H2,1-2H3,(H2,24,25,27,29)/t15-/m1/s1. The molecule has 2 N–H and O–H groups in total. The Kier molecular flexibility index (Phi) is 6.84. The molecule has 0 bridgehead atoms. The van der Waals surface area contributed by atoms with E-state index in [1.54, 1.807) is 48.5 Å². The average molecular weight is 451 g/mol. The second-order valence-corrected chi connectivity index (χ2v) is 7.60. The Bertz CT molecular complexity index is 1100. The second kappa shape index (κ2) is 10.1. The van der Waals surface area contributed by atoms with E-state index in [9.17, 15) is 9.59 Å². The first-order chi connectivity index (χ1) is 16.0. The lowest BCUT2D eigenvalue weighted by molar-refractivity contribution is 0.0651. The molecule has 10 heteroatoms. The van der Waals surface area contributed by atoms with Crippen molar-refractivity contribution in [1.82, 2.24) is 20.1 Å². The van der Waals surface area contributed by atoms with Crippen molar-refractivity contribution in [2.45, 2.75) is 19.4 Å². The number of hydrogen-bond acceptors (Lipinski definition) is 7. The van der Waals surface area contributed by atoms with Gasteiger partial charge in [-0.25, -0.2) is 0 Å². The highest BCUT2D eigenvalue weighted by Crippen LogP contribution is 2.26. The fraction of sp³-hybridized carbons (Fsp3) is 0.304. The maximum atomic E-state index is 12.7. The summed E-state index contributed by atoms with van der Waals surface area (Å²) >= 11 is 0. The van der Waals surface area contributed by atoms with Crippen LogP contribution in [0.15, 0.2) is 48.7 Å². The van der Waals surface area contributed by atoms with Crippen LogP contribution in [0.25, 0.3) is 0 Å². The van der Waals surface area contributed by atoms with Crippen LogP contribution in [0, 0.1) is 0 Å². The molecule has 1 fully saturated rings. The van der Waals surface area contributed by atoms with Crippen LogP contribution < -0.4 is 14.8 Å². The van der Waals surface area contributed by atoms with E-state index in [-0.39, 0.29) is 29.3 Å². The number of H-pyrrole nitrogens is 1. The molecule has 1 aromatic carbocycles. The monoisotopic (exact) mass is 451 g/mol.